The van der Waals surface area contributed by atoms with Crippen molar-refractivity contribution < 1.29 is 9.53 Å². The predicted octanol–water partition coefficient (Wildman–Crippen LogP) is 4.64. The number of thioether (sulfide) groups is 1. The van der Waals surface area contributed by atoms with Gasteiger partial charge in [0.2, 0.25) is 0 Å². The molecule has 0 bridgehead atoms. The topological polar surface area (TPSA) is 41.9 Å². The first-order chi connectivity index (χ1) is 11.6. The van der Waals surface area contributed by atoms with Gasteiger partial charge in [-0.1, -0.05) is 53.2 Å². The van der Waals surface area contributed by atoms with E-state index < -0.39 is 0 Å². The van der Waals surface area contributed by atoms with E-state index in [4.69, 9.17) is 27.9 Å². The maximum Gasteiger partial charge on any atom is 0.266 e. The third-order valence-corrected chi connectivity index (χ3v) is 5.01. The van der Waals surface area contributed by atoms with Gasteiger partial charge in [0.05, 0.1) is 15.7 Å². The third-order valence-electron chi connectivity index (χ3n) is 3.31. The first-order valence-corrected chi connectivity index (χ1v) is 9.02. The Labute approximate surface area is 154 Å². The van der Waals surface area contributed by atoms with Crippen LogP contribution in [-0.4, -0.2) is 34.9 Å². The highest BCUT2D eigenvalue weighted by molar-refractivity contribution is 8.14. The van der Waals surface area contributed by atoms with E-state index in [2.05, 4.69) is 4.99 Å². The van der Waals surface area contributed by atoms with Crippen LogP contribution in [0.15, 0.2) is 53.5 Å². The van der Waals surface area contributed by atoms with Gasteiger partial charge in [-0.15, -0.1) is 0 Å². The average Bonchev–Trinajstić information content (AvgIpc) is 3.05. The van der Waals surface area contributed by atoms with Crippen molar-refractivity contribution in [2.75, 3.05) is 18.9 Å². The number of benzene rings is 2. The quantitative estimate of drug-likeness (QED) is 0.775. The van der Waals surface area contributed by atoms with Crippen LogP contribution in [-0.2, 0) is 4.79 Å². The van der Waals surface area contributed by atoms with Crippen molar-refractivity contribution in [3.8, 4) is 5.75 Å². The second kappa shape index (κ2) is 7.92. The number of hydrogen-bond donors (Lipinski definition) is 0. The fraction of sp³-hybridized carbons (Fsp3) is 0.176. The SMILES string of the molecule is O=C(COc1ccccc1)N1CCSC1=Nc1ccc(Cl)c(Cl)c1. The monoisotopic (exact) mass is 380 g/mol. The first-order valence-electron chi connectivity index (χ1n) is 7.28. The molecule has 0 spiro atoms. The molecule has 1 aliphatic heterocycles. The fourth-order valence-corrected chi connectivity index (χ4v) is 3.40. The number of nitrogens with zero attached hydrogens (tertiary/aromatic N) is 2. The number of halogens is 2. The minimum atomic E-state index is -0.123. The summed E-state index contributed by atoms with van der Waals surface area (Å²) in [5.74, 6) is 1.35. The highest BCUT2D eigenvalue weighted by Crippen LogP contribution is 2.29. The Bertz CT molecular complexity index is 768. The van der Waals surface area contributed by atoms with Gasteiger partial charge < -0.3 is 4.74 Å². The van der Waals surface area contributed by atoms with Crippen LogP contribution < -0.4 is 4.74 Å². The van der Waals surface area contributed by atoms with Crippen LogP contribution in [0, 0.1) is 0 Å². The van der Waals surface area contributed by atoms with Crippen LogP contribution in [0.5, 0.6) is 5.75 Å². The van der Waals surface area contributed by atoms with Crippen molar-refractivity contribution in [3.05, 3.63) is 58.6 Å². The highest BCUT2D eigenvalue weighted by Gasteiger charge is 2.26. The van der Waals surface area contributed by atoms with Gasteiger partial charge in [0.25, 0.3) is 5.91 Å². The molecule has 1 heterocycles. The number of hydrogen-bond acceptors (Lipinski definition) is 4. The zero-order valence-electron chi connectivity index (χ0n) is 12.6. The van der Waals surface area contributed by atoms with E-state index >= 15 is 0 Å². The third kappa shape index (κ3) is 4.23. The number of para-hydroxylation sites is 1. The summed E-state index contributed by atoms with van der Waals surface area (Å²) in [6.07, 6.45) is 0. The Balaban J connectivity index is 1.69. The molecule has 4 nitrogen and oxygen atoms in total. The number of rotatable bonds is 4. The maximum atomic E-state index is 12.4. The molecule has 7 heteroatoms. The fourth-order valence-electron chi connectivity index (χ4n) is 2.13. The van der Waals surface area contributed by atoms with E-state index in [0.717, 1.165) is 5.75 Å². The van der Waals surface area contributed by atoms with Gasteiger partial charge in [-0.3, -0.25) is 9.69 Å². The zero-order valence-corrected chi connectivity index (χ0v) is 14.9. The van der Waals surface area contributed by atoms with Crippen molar-refractivity contribution in [3.63, 3.8) is 0 Å². The van der Waals surface area contributed by atoms with Crippen molar-refractivity contribution >= 4 is 51.7 Å². The lowest BCUT2D eigenvalue weighted by Crippen LogP contribution is -2.35. The van der Waals surface area contributed by atoms with E-state index in [-0.39, 0.29) is 12.5 Å². The summed E-state index contributed by atoms with van der Waals surface area (Å²) in [5.41, 5.74) is 0.663. The highest BCUT2D eigenvalue weighted by atomic mass is 35.5. The van der Waals surface area contributed by atoms with E-state index in [0.29, 0.717) is 33.2 Å². The lowest BCUT2D eigenvalue weighted by Gasteiger charge is -2.16. The second-order valence-corrected chi connectivity index (χ2v) is 6.86. The standard InChI is InChI=1S/C17H14Cl2N2O2S/c18-14-7-6-12(10-15(14)19)20-17-21(8-9-24-17)16(22)11-23-13-4-2-1-3-5-13/h1-7,10H,8-9,11H2. The van der Waals surface area contributed by atoms with Gasteiger partial charge in [-0.2, -0.15) is 0 Å². The Morgan fingerprint density at radius 2 is 1.96 bits per heavy atom. The first kappa shape index (κ1) is 17.1. The van der Waals surface area contributed by atoms with Crippen LogP contribution in [0.2, 0.25) is 10.0 Å². The molecule has 1 fully saturated rings. The van der Waals surface area contributed by atoms with E-state index in [9.17, 15) is 4.79 Å². The lowest BCUT2D eigenvalue weighted by atomic mass is 10.3. The lowest BCUT2D eigenvalue weighted by molar-refractivity contribution is -0.129. The molecule has 0 saturated carbocycles. The van der Waals surface area contributed by atoms with Crippen LogP contribution >= 0.6 is 35.0 Å². The van der Waals surface area contributed by atoms with E-state index in [1.165, 1.54) is 11.8 Å². The molecule has 0 atom stereocenters. The van der Waals surface area contributed by atoms with Gasteiger partial charge in [-0.05, 0) is 30.3 Å². The number of amides is 1. The molecule has 0 aromatic heterocycles. The molecule has 2 aromatic rings. The molecule has 124 valence electrons. The summed E-state index contributed by atoms with van der Waals surface area (Å²) in [4.78, 5) is 18.5. The molecule has 1 saturated heterocycles. The number of carbonyl (C=O) groups excluding carboxylic acids is 1. The Morgan fingerprint density at radius 3 is 2.71 bits per heavy atom. The van der Waals surface area contributed by atoms with Gasteiger partial charge in [-0.25, -0.2) is 4.99 Å². The number of carbonyl (C=O) groups is 1. The van der Waals surface area contributed by atoms with Crippen molar-refractivity contribution in [2.24, 2.45) is 4.99 Å². The van der Waals surface area contributed by atoms with Crippen molar-refractivity contribution in [2.45, 2.75) is 0 Å². The van der Waals surface area contributed by atoms with Crippen LogP contribution in [0.3, 0.4) is 0 Å². The van der Waals surface area contributed by atoms with Crippen LogP contribution in [0.4, 0.5) is 5.69 Å². The molecular formula is C17H14Cl2N2O2S. The van der Waals surface area contributed by atoms with Gasteiger partial charge >= 0.3 is 0 Å². The van der Waals surface area contributed by atoms with Gasteiger partial charge in [0, 0.05) is 12.3 Å². The molecule has 3 rings (SSSR count). The van der Waals surface area contributed by atoms with Gasteiger partial charge in [0.15, 0.2) is 11.8 Å². The van der Waals surface area contributed by atoms with Crippen molar-refractivity contribution in [1.29, 1.82) is 0 Å². The predicted molar refractivity (Wildman–Crippen MR) is 99.7 cm³/mol. The molecule has 0 aliphatic carbocycles. The van der Waals surface area contributed by atoms with Crippen LogP contribution in [0.25, 0.3) is 0 Å². The Morgan fingerprint density at radius 1 is 1.17 bits per heavy atom. The Hall–Kier alpha value is -1.69. The smallest absolute Gasteiger partial charge is 0.266 e. The van der Waals surface area contributed by atoms with E-state index in [1.54, 1.807) is 23.1 Å². The number of aliphatic imine (C=N–C) groups is 1. The van der Waals surface area contributed by atoms with E-state index in [1.807, 2.05) is 30.3 Å². The molecule has 2 aromatic carbocycles. The Kier molecular flexibility index (Phi) is 5.66. The molecular weight excluding hydrogens is 367 g/mol. The molecule has 0 radical (unpaired) electrons. The van der Waals surface area contributed by atoms with Gasteiger partial charge in [0.1, 0.15) is 5.75 Å². The molecule has 0 unspecified atom stereocenters. The molecule has 1 amide bonds. The summed E-state index contributed by atoms with van der Waals surface area (Å²) in [6, 6.07) is 14.4. The van der Waals surface area contributed by atoms with Crippen LogP contribution in [0.1, 0.15) is 0 Å². The summed E-state index contributed by atoms with van der Waals surface area (Å²) in [6.45, 7) is 0.590. The minimum absolute atomic E-state index is 0.0228. The summed E-state index contributed by atoms with van der Waals surface area (Å²) in [7, 11) is 0. The molecule has 0 N–H and O–H groups in total. The second-order valence-electron chi connectivity index (χ2n) is 4.99. The summed E-state index contributed by atoms with van der Waals surface area (Å²) < 4.78 is 5.52. The minimum Gasteiger partial charge on any atom is -0.484 e. The number of ether oxygens (including phenoxy) is 1. The van der Waals surface area contributed by atoms with Crippen molar-refractivity contribution in [1.82, 2.24) is 4.90 Å². The maximum absolute atomic E-state index is 12.4. The summed E-state index contributed by atoms with van der Waals surface area (Å²) >= 11 is 13.4. The average molecular weight is 381 g/mol. The zero-order chi connectivity index (χ0) is 16.9. The summed E-state index contributed by atoms with van der Waals surface area (Å²) in [5, 5.41) is 1.56. The number of amidine groups is 1. The molecule has 24 heavy (non-hydrogen) atoms. The molecule has 1 aliphatic rings. The normalized spacial score (nSPS) is 15.8. The largest absolute Gasteiger partial charge is 0.484 e.